The summed E-state index contributed by atoms with van der Waals surface area (Å²) in [6.07, 6.45) is 2.83. The Bertz CT molecular complexity index is 819. The van der Waals surface area contributed by atoms with Gasteiger partial charge in [-0.2, -0.15) is 4.39 Å². The number of aliphatic hydroxyl groups excluding tert-OH is 1. The van der Waals surface area contributed by atoms with Gasteiger partial charge in [0.2, 0.25) is 12.2 Å². The van der Waals surface area contributed by atoms with Crippen LogP contribution in [-0.4, -0.2) is 42.9 Å². The van der Waals surface area contributed by atoms with Gasteiger partial charge in [0.15, 0.2) is 11.6 Å². The highest BCUT2D eigenvalue weighted by Crippen LogP contribution is 2.40. The Morgan fingerprint density at radius 3 is 2.69 bits per heavy atom. The monoisotopic (exact) mass is 408 g/mol. The Labute approximate surface area is 168 Å². The van der Waals surface area contributed by atoms with Gasteiger partial charge in [0.05, 0.1) is 19.8 Å². The molecule has 3 atom stereocenters. The van der Waals surface area contributed by atoms with Crippen LogP contribution in [0.25, 0.3) is 0 Å². The second-order valence-corrected chi connectivity index (χ2v) is 6.76. The van der Waals surface area contributed by atoms with Crippen molar-refractivity contribution in [3.05, 3.63) is 53.4 Å². The topological polar surface area (TPSA) is 80.7 Å². The van der Waals surface area contributed by atoms with Gasteiger partial charge in [0.25, 0.3) is 0 Å². The number of rotatable bonds is 6. The zero-order chi connectivity index (χ0) is 21.4. The summed E-state index contributed by atoms with van der Waals surface area (Å²) in [6.45, 7) is 4.61. The molecule has 0 aliphatic carbocycles. The number of anilines is 1. The minimum Gasteiger partial charge on any atom is -0.493 e. The number of hydrogen-bond acceptors (Lipinski definition) is 5. The van der Waals surface area contributed by atoms with Crippen molar-refractivity contribution in [1.29, 1.82) is 0 Å². The Balaban J connectivity index is 0.000000221. The molecule has 0 spiro atoms. The summed E-state index contributed by atoms with van der Waals surface area (Å²) < 4.78 is 37.2. The fourth-order valence-corrected chi connectivity index (χ4v) is 3.19. The molecule has 1 aromatic heterocycles. The van der Waals surface area contributed by atoms with Crippen LogP contribution in [-0.2, 0) is 16.0 Å². The Hall–Kier alpha value is -2.58. The number of carbonyl (C=O) groups excluding carboxylic acids is 1. The number of amides is 1. The maximum absolute atomic E-state index is 13.6. The fraction of sp³-hybridized carbons (Fsp3) is 0.429. The standard InChI is InChI=1S/C13H16F2O2.C8H10N2O2/c1-7-8(2)17-6-10(7)9-4-5-11(14)12(15)13(9)16-3;11-4-2-8-5-7(10-6-12)1-3-9-8/h4-5,7-8,10H,6H2,1-3H3;1,3,5-6,11H,2,4H2,(H,9,10,12). The minimum absolute atomic E-state index is 0.000417. The van der Waals surface area contributed by atoms with Crippen molar-refractivity contribution < 1.29 is 28.2 Å². The third-order valence-electron chi connectivity index (χ3n) is 5.01. The van der Waals surface area contributed by atoms with Crippen LogP contribution in [0.1, 0.15) is 31.0 Å². The van der Waals surface area contributed by atoms with E-state index in [1.165, 1.54) is 7.11 Å². The number of aliphatic hydroxyl groups is 1. The molecule has 1 fully saturated rings. The van der Waals surface area contributed by atoms with Crippen molar-refractivity contribution in [2.45, 2.75) is 32.3 Å². The Kier molecular flexibility index (Phi) is 8.48. The van der Waals surface area contributed by atoms with Crippen molar-refractivity contribution in [1.82, 2.24) is 4.98 Å². The second kappa shape index (κ2) is 10.8. The Morgan fingerprint density at radius 1 is 1.34 bits per heavy atom. The van der Waals surface area contributed by atoms with Crippen LogP contribution in [0.5, 0.6) is 5.75 Å². The summed E-state index contributed by atoms with van der Waals surface area (Å²) >= 11 is 0. The maximum Gasteiger partial charge on any atom is 0.211 e. The average molecular weight is 408 g/mol. The highest BCUT2D eigenvalue weighted by atomic mass is 19.2. The SMILES string of the molecule is COc1c(C2COC(C)C2C)ccc(F)c1F.O=CNc1ccnc(CCO)c1. The lowest BCUT2D eigenvalue weighted by Gasteiger charge is -2.19. The van der Waals surface area contributed by atoms with Crippen LogP contribution in [0, 0.1) is 17.6 Å². The molecule has 1 saturated heterocycles. The van der Waals surface area contributed by atoms with Gasteiger partial charge in [-0.1, -0.05) is 13.0 Å². The van der Waals surface area contributed by atoms with Crippen LogP contribution in [0.3, 0.4) is 0 Å². The quantitative estimate of drug-likeness (QED) is 0.717. The predicted molar refractivity (Wildman–Crippen MR) is 105 cm³/mol. The average Bonchev–Trinajstić information content (AvgIpc) is 3.04. The summed E-state index contributed by atoms with van der Waals surface area (Å²) in [7, 11) is 1.35. The summed E-state index contributed by atoms with van der Waals surface area (Å²) in [5.74, 6) is -1.50. The van der Waals surface area contributed by atoms with Gasteiger partial charge in [0.1, 0.15) is 0 Å². The molecule has 1 aromatic carbocycles. The van der Waals surface area contributed by atoms with Crippen LogP contribution in [0.2, 0.25) is 0 Å². The molecule has 158 valence electrons. The van der Waals surface area contributed by atoms with Crippen LogP contribution in [0.15, 0.2) is 30.5 Å². The third-order valence-corrected chi connectivity index (χ3v) is 5.01. The van der Waals surface area contributed by atoms with Crippen molar-refractivity contribution in [3.8, 4) is 5.75 Å². The number of ether oxygens (including phenoxy) is 2. The summed E-state index contributed by atoms with van der Waals surface area (Å²) in [5.41, 5.74) is 2.15. The lowest BCUT2D eigenvalue weighted by Crippen LogP contribution is -2.14. The summed E-state index contributed by atoms with van der Waals surface area (Å²) in [4.78, 5) is 14.1. The molecule has 1 amide bonds. The number of pyridine rings is 1. The van der Waals surface area contributed by atoms with Crippen LogP contribution < -0.4 is 10.1 Å². The number of aromatic nitrogens is 1. The molecule has 0 radical (unpaired) electrons. The predicted octanol–water partition coefficient (Wildman–Crippen LogP) is 3.30. The van der Waals surface area contributed by atoms with E-state index in [9.17, 15) is 13.6 Å². The minimum atomic E-state index is -0.920. The van der Waals surface area contributed by atoms with Crippen molar-refractivity contribution in [3.63, 3.8) is 0 Å². The molecule has 2 aromatic rings. The van der Waals surface area contributed by atoms with Gasteiger partial charge < -0.3 is 19.9 Å². The molecule has 2 N–H and O–H groups in total. The van der Waals surface area contributed by atoms with E-state index in [0.29, 0.717) is 30.7 Å². The summed E-state index contributed by atoms with van der Waals surface area (Å²) in [6, 6.07) is 6.14. The lowest BCUT2D eigenvalue weighted by atomic mass is 9.86. The van der Waals surface area contributed by atoms with E-state index < -0.39 is 11.6 Å². The number of halogens is 2. The molecule has 3 unspecified atom stereocenters. The first kappa shape index (κ1) is 22.7. The maximum atomic E-state index is 13.6. The van der Waals surface area contributed by atoms with Crippen molar-refractivity contribution >= 4 is 12.1 Å². The molecular formula is C21H26F2N2O4. The number of nitrogens with one attached hydrogen (secondary N) is 1. The van der Waals surface area contributed by atoms with E-state index in [-0.39, 0.29) is 30.3 Å². The first-order valence-corrected chi connectivity index (χ1v) is 9.32. The largest absolute Gasteiger partial charge is 0.493 e. The highest BCUT2D eigenvalue weighted by molar-refractivity contribution is 5.70. The van der Waals surface area contributed by atoms with Gasteiger partial charge in [-0.05, 0) is 31.0 Å². The highest BCUT2D eigenvalue weighted by Gasteiger charge is 2.34. The van der Waals surface area contributed by atoms with Gasteiger partial charge in [-0.15, -0.1) is 0 Å². The first-order valence-electron chi connectivity index (χ1n) is 9.32. The number of carbonyl (C=O) groups is 1. The van der Waals surface area contributed by atoms with Crippen molar-refractivity contribution in [2.24, 2.45) is 5.92 Å². The van der Waals surface area contributed by atoms with Gasteiger partial charge >= 0.3 is 0 Å². The molecule has 1 aliphatic heterocycles. The van der Waals surface area contributed by atoms with E-state index in [1.54, 1.807) is 24.4 Å². The molecule has 0 saturated carbocycles. The molecule has 2 heterocycles. The van der Waals surface area contributed by atoms with E-state index in [4.69, 9.17) is 14.6 Å². The van der Waals surface area contributed by atoms with Gasteiger partial charge in [-0.25, -0.2) is 4.39 Å². The van der Waals surface area contributed by atoms with E-state index in [1.807, 2.05) is 13.8 Å². The van der Waals surface area contributed by atoms with E-state index >= 15 is 0 Å². The number of benzene rings is 1. The fourth-order valence-electron chi connectivity index (χ4n) is 3.19. The zero-order valence-corrected chi connectivity index (χ0v) is 16.7. The third kappa shape index (κ3) is 5.71. The van der Waals surface area contributed by atoms with Gasteiger partial charge in [0, 0.05) is 42.1 Å². The molecule has 29 heavy (non-hydrogen) atoms. The Morgan fingerprint density at radius 2 is 2.10 bits per heavy atom. The van der Waals surface area contributed by atoms with Crippen LogP contribution >= 0.6 is 0 Å². The van der Waals surface area contributed by atoms with E-state index in [0.717, 1.165) is 11.8 Å². The molecule has 8 heteroatoms. The molecule has 6 nitrogen and oxygen atoms in total. The molecule has 1 aliphatic rings. The number of hydrogen-bond donors (Lipinski definition) is 2. The first-order chi connectivity index (χ1) is 13.9. The molecule has 0 bridgehead atoms. The zero-order valence-electron chi connectivity index (χ0n) is 16.7. The van der Waals surface area contributed by atoms with Gasteiger partial charge in [-0.3, -0.25) is 9.78 Å². The summed E-state index contributed by atoms with van der Waals surface area (Å²) in [5, 5.41) is 11.1. The van der Waals surface area contributed by atoms with Crippen molar-refractivity contribution in [2.75, 3.05) is 25.6 Å². The lowest BCUT2D eigenvalue weighted by molar-refractivity contribution is -0.105. The smallest absolute Gasteiger partial charge is 0.211 e. The van der Waals surface area contributed by atoms with E-state index in [2.05, 4.69) is 10.3 Å². The number of methoxy groups -OCH3 is 1. The second-order valence-electron chi connectivity index (χ2n) is 6.76. The normalized spacial score (nSPS) is 20.6. The molecule has 3 rings (SSSR count). The number of nitrogens with zero attached hydrogens (tertiary/aromatic N) is 1. The molecular weight excluding hydrogens is 382 g/mol. The van der Waals surface area contributed by atoms with Crippen LogP contribution in [0.4, 0.5) is 14.5 Å².